The second kappa shape index (κ2) is 1.82. The molecule has 2 aliphatic rings. The number of rotatable bonds is 0. The highest BCUT2D eigenvalue weighted by Crippen LogP contribution is 2.58. The Bertz CT molecular complexity index is 180. The molecule has 1 heteroatoms. The summed E-state index contributed by atoms with van der Waals surface area (Å²) < 4.78 is 0. The van der Waals surface area contributed by atoms with Crippen LogP contribution in [0.15, 0.2) is 0 Å². The van der Waals surface area contributed by atoms with Crippen LogP contribution in [0.25, 0.3) is 0 Å². The van der Waals surface area contributed by atoms with Gasteiger partial charge in [-0.15, -0.1) is 0 Å². The number of fused-ring (bicyclic) bond motifs is 1. The Hall–Kier alpha value is -0.0400. The van der Waals surface area contributed by atoms with E-state index in [1.165, 1.54) is 19.4 Å². The standard InChI is InChI=1S/C10H19N/c1-9(2,3)11-6-5-10(4)7-8(10)11/h8H,5-7H2,1-4H3/t8-,10+/m1/s1. The third kappa shape index (κ3) is 1.01. The summed E-state index contributed by atoms with van der Waals surface area (Å²) in [7, 11) is 0. The second-order valence-corrected chi connectivity index (χ2v) is 5.49. The van der Waals surface area contributed by atoms with Crippen molar-refractivity contribution >= 4 is 0 Å². The minimum atomic E-state index is 0.402. The van der Waals surface area contributed by atoms with E-state index in [1.54, 1.807) is 0 Å². The van der Waals surface area contributed by atoms with Crippen LogP contribution in [0.3, 0.4) is 0 Å². The molecule has 0 aromatic heterocycles. The van der Waals surface area contributed by atoms with E-state index in [1.807, 2.05) is 0 Å². The number of piperidine rings is 1. The molecule has 0 unspecified atom stereocenters. The fraction of sp³-hybridized carbons (Fsp3) is 1.00. The lowest BCUT2D eigenvalue weighted by atomic mass is 10.1. The molecule has 0 amide bonds. The maximum atomic E-state index is 2.67. The van der Waals surface area contributed by atoms with E-state index < -0.39 is 0 Å². The van der Waals surface area contributed by atoms with Gasteiger partial charge >= 0.3 is 0 Å². The fourth-order valence-corrected chi connectivity index (χ4v) is 2.47. The Morgan fingerprint density at radius 1 is 1.36 bits per heavy atom. The van der Waals surface area contributed by atoms with E-state index in [-0.39, 0.29) is 0 Å². The number of hydrogen-bond donors (Lipinski definition) is 0. The zero-order valence-electron chi connectivity index (χ0n) is 8.15. The van der Waals surface area contributed by atoms with E-state index >= 15 is 0 Å². The SMILES string of the molecule is CC(C)(C)N1CC[C@@]2(C)C[C@@H]12. The summed E-state index contributed by atoms with van der Waals surface area (Å²) in [6, 6.07) is 0.919. The molecular formula is C10H19N. The van der Waals surface area contributed by atoms with E-state index in [0.29, 0.717) is 11.0 Å². The third-order valence-electron chi connectivity index (χ3n) is 3.47. The number of hydrogen-bond acceptors (Lipinski definition) is 1. The lowest BCUT2D eigenvalue weighted by molar-refractivity contribution is 0.149. The van der Waals surface area contributed by atoms with Crippen LogP contribution in [0.5, 0.6) is 0 Å². The molecule has 1 aliphatic carbocycles. The van der Waals surface area contributed by atoms with Gasteiger partial charge < -0.3 is 0 Å². The van der Waals surface area contributed by atoms with Crippen LogP contribution in [0, 0.1) is 5.41 Å². The zero-order valence-corrected chi connectivity index (χ0v) is 8.15. The molecule has 0 N–H and O–H groups in total. The third-order valence-corrected chi connectivity index (χ3v) is 3.47. The molecule has 0 spiro atoms. The van der Waals surface area contributed by atoms with Crippen LogP contribution < -0.4 is 0 Å². The van der Waals surface area contributed by atoms with Gasteiger partial charge in [0, 0.05) is 11.6 Å². The van der Waals surface area contributed by atoms with Gasteiger partial charge in [0.25, 0.3) is 0 Å². The van der Waals surface area contributed by atoms with Crippen LogP contribution in [0.2, 0.25) is 0 Å². The first-order chi connectivity index (χ1) is 4.93. The number of nitrogens with zero attached hydrogens (tertiary/aromatic N) is 1. The fourth-order valence-electron chi connectivity index (χ4n) is 2.47. The smallest absolute Gasteiger partial charge is 0.0161 e. The molecule has 1 aliphatic heterocycles. The van der Waals surface area contributed by atoms with Gasteiger partial charge in [-0.2, -0.15) is 0 Å². The lowest BCUT2D eigenvalue weighted by Gasteiger charge is -2.33. The van der Waals surface area contributed by atoms with Crippen LogP contribution in [0.1, 0.15) is 40.5 Å². The molecule has 0 aromatic carbocycles. The molecule has 0 bridgehead atoms. The topological polar surface area (TPSA) is 3.24 Å². The monoisotopic (exact) mass is 153 g/mol. The van der Waals surface area contributed by atoms with Crippen molar-refractivity contribution < 1.29 is 0 Å². The summed E-state index contributed by atoms with van der Waals surface area (Å²) in [5.41, 5.74) is 1.12. The highest BCUT2D eigenvalue weighted by atomic mass is 15.3. The Kier molecular flexibility index (Phi) is 1.26. The van der Waals surface area contributed by atoms with E-state index in [9.17, 15) is 0 Å². The largest absolute Gasteiger partial charge is 0.295 e. The van der Waals surface area contributed by atoms with Crippen LogP contribution in [-0.4, -0.2) is 23.0 Å². The first-order valence-corrected chi connectivity index (χ1v) is 4.70. The highest BCUT2D eigenvalue weighted by Gasteiger charge is 2.59. The van der Waals surface area contributed by atoms with E-state index in [4.69, 9.17) is 0 Å². The lowest BCUT2D eigenvalue weighted by Crippen LogP contribution is -2.41. The van der Waals surface area contributed by atoms with Gasteiger partial charge in [0.2, 0.25) is 0 Å². The molecule has 1 heterocycles. The van der Waals surface area contributed by atoms with Gasteiger partial charge in [-0.05, 0) is 45.6 Å². The quantitative estimate of drug-likeness (QED) is 0.516. The summed E-state index contributed by atoms with van der Waals surface area (Å²) in [6.07, 6.45) is 2.87. The summed E-state index contributed by atoms with van der Waals surface area (Å²) in [6.45, 7) is 10.7. The van der Waals surface area contributed by atoms with Gasteiger partial charge in [0.1, 0.15) is 0 Å². The van der Waals surface area contributed by atoms with Crippen molar-refractivity contribution in [2.75, 3.05) is 6.54 Å². The molecule has 11 heavy (non-hydrogen) atoms. The summed E-state index contributed by atoms with van der Waals surface area (Å²) in [5.74, 6) is 0. The van der Waals surface area contributed by atoms with Gasteiger partial charge in [0.05, 0.1) is 0 Å². The first-order valence-electron chi connectivity index (χ1n) is 4.70. The molecule has 1 saturated heterocycles. The highest BCUT2D eigenvalue weighted by molar-refractivity contribution is 5.13. The maximum Gasteiger partial charge on any atom is 0.0161 e. The first kappa shape index (κ1) is 7.60. The predicted octanol–water partition coefficient (Wildman–Crippen LogP) is 2.27. The average molecular weight is 153 g/mol. The Balaban J connectivity index is 2.10. The van der Waals surface area contributed by atoms with Gasteiger partial charge in [-0.1, -0.05) is 6.92 Å². The van der Waals surface area contributed by atoms with E-state index in [2.05, 4.69) is 32.6 Å². The van der Waals surface area contributed by atoms with Gasteiger partial charge in [0.15, 0.2) is 0 Å². The van der Waals surface area contributed by atoms with Crippen molar-refractivity contribution in [2.24, 2.45) is 5.41 Å². The minimum absolute atomic E-state index is 0.402. The molecule has 0 aromatic rings. The predicted molar refractivity (Wildman–Crippen MR) is 47.6 cm³/mol. The molecular weight excluding hydrogens is 134 g/mol. The Morgan fingerprint density at radius 2 is 2.00 bits per heavy atom. The van der Waals surface area contributed by atoms with Gasteiger partial charge in [-0.25, -0.2) is 0 Å². The normalized spacial score (nSPS) is 44.2. The molecule has 2 atom stereocenters. The minimum Gasteiger partial charge on any atom is -0.295 e. The Labute approximate surface area is 69.8 Å². The average Bonchev–Trinajstić information content (AvgIpc) is 2.32. The molecule has 1 saturated carbocycles. The summed E-state index contributed by atoms with van der Waals surface area (Å²) in [5, 5.41) is 0. The zero-order chi connectivity index (χ0) is 8.28. The van der Waals surface area contributed by atoms with Crippen molar-refractivity contribution in [3.8, 4) is 0 Å². The molecule has 64 valence electrons. The van der Waals surface area contributed by atoms with E-state index in [0.717, 1.165) is 6.04 Å². The van der Waals surface area contributed by atoms with Crippen molar-refractivity contribution in [1.29, 1.82) is 0 Å². The van der Waals surface area contributed by atoms with Crippen LogP contribution in [0.4, 0.5) is 0 Å². The summed E-state index contributed by atoms with van der Waals surface area (Å²) in [4.78, 5) is 2.67. The molecule has 2 rings (SSSR count). The molecule has 2 fully saturated rings. The van der Waals surface area contributed by atoms with Crippen LogP contribution >= 0.6 is 0 Å². The maximum absolute atomic E-state index is 2.67. The molecule has 1 nitrogen and oxygen atoms in total. The molecule has 0 radical (unpaired) electrons. The number of likely N-dealkylation sites (tertiary alicyclic amines) is 1. The van der Waals surface area contributed by atoms with Gasteiger partial charge in [-0.3, -0.25) is 4.90 Å². The van der Waals surface area contributed by atoms with Crippen LogP contribution in [-0.2, 0) is 0 Å². The summed E-state index contributed by atoms with van der Waals surface area (Å²) >= 11 is 0. The second-order valence-electron chi connectivity index (χ2n) is 5.49. The van der Waals surface area contributed by atoms with Crippen molar-refractivity contribution in [2.45, 2.75) is 52.1 Å². The van der Waals surface area contributed by atoms with Crippen molar-refractivity contribution in [3.63, 3.8) is 0 Å². The van der Waals surface area contributed by atoms with Crippen molar-refractivity contribution in [3.05, 3.63) is 0 Å². The van der Waals surface area contributed by atoms with Crippen molar-refractivity contribution in [1.82, 2.24) is 4.90 Å². The Morgan fingerprint density at radius 3 is 2.18 bits per heavy atom.